The van der Waals surface area contributed by atoms with E-state index in [9.17, 15) is 0 Å². The molecule has 1 aromatic rings. The van der Waals surface area contributed by atoms with Gasteiger partial charge >= 0.3 is 0 Å². The Bertz CT molecular complexity index is 273. The Morgan fingerprint density at radius 3 is 2.67 bits per heavy atom. The van der Waals surface area contributed by atoms with E-state index < -0.39 is 0 Å². The maximum absolute atomic E-state index is 5.52. The molecule has 12 heavy (non-hydrogen) atoms. The van der Waals surface area contributed by atoms with Crippen LogP contribution in [0.3, 0.4) is 0 Å². The predicted octanol–water partition coefficient (Wildman–Crippen LogP) is 1.88. The third-order valence-electron chi connectivity index (χ3n) is 2.69. The average molecular weight is 165 g/mol. The lowest BCUT2D eigenvalue weighted by Crippen LogP contribution is -2.29. The van der Waals surface area contributed by atoms with E-state index in [1.807, 2.05) is 20.0 Å². The van der Waals surface area contributed by atoms with Gasteiger partial charge in [0.2, 0.25) is 0 Å². The van der Waals surface area contributed by atoms with Crippen molar-refractivity contribution in [2.24, 2.45) is 0 Å². The van der Waals surface area contributed by atoms with Gasteiger partial charge in [-0.15, -0.1) is 0 Å². The van der Waals surface area contributed by atoms with Crippen molar-refractivity contribution in [1.29, 1.82) is 0 Å². The Hall–Kier alpha value is -0.760. The van der Waals surface area contributed by atoms with Crippen LogP contribution in [0.2, 0.25) is 0 Å². The molecule has 1 heterocycles. The molecule has 2 heteroatoms. The zero-order chi connectivity index (χ0) is 8.60. The second-order valence-corrected chi connectivity index (χ2v) is 3.72. The van der Waals surface area contributed by atoms with Gasteiger partial charge in [-0.05, 0) is 38.9 Å². The van der Waals surface area contributed by atoms with Crippen LogP contribution >= 0.6 is 0 Å². The van der Waals surface area contributed by atoms with E-state index in [2.05, 4.69) is 11.4 Å². The van der Waals surface area contributed by atoms with E-state index in [0.29, 0.717) is 5.54 Å². The molecule has 0 aliphatic heterocycles. The highest BCUT2D eigenvalue weighted by Crippen LogP contribution is 2.38. The van der Waals surface area contributed by atoms with Crippen molar-refractivity contribution in [1.82, 2.24) is 5.32 Å². The molecule has 0 spiro atoms. The number of rotatable bonds is 3. The molecular weight excluding hydrogens is 150 g/mol. The summed E-state index contributed by atoms with van der Waals surface area (Å²) in [5.41, 5.74) is 0.365. The van der Waals surface area contributed by atoms with Crippen molar-refractivity contribution in [3.63, 3.8) is 0 Å². The van der Waals surface area contributed by atoms with Gasteiger partial charge in [-0.2, -0.15) is 0 Å². The van der Waals surface area contributed by atoms with E-state index in [0.717, 1.165) is 17.9 Å². The van der Waals surface area contributed by atoms with E-state index in [1.54, 1.807) is 0 Å². The first-order valence-electron chi connectivity index (χ1n) is 4.48. The van der Waals surface area contributed by atoms with Crippen LogP contribution in [0.5, 0.6) is 0 Å². The third kappa shape index (κ3) is 1.39. The lowest BCUT2D eigenvalue weighted by Gasteiger charge is -2.10. The van der Waals surface area contributed by atoms with Crippen molar-refractivity contribution >= 4 is 0 Å². The number of likely N-dealkylation sites (N-methyl/N-ethyl adjacent to an activating group) is 1. The quantitative estimate of drug-likeness (QED) is 0.739. The number of aryl methyl sites for hydroxylation is 1. The molecular formula is C10H15NO. The van der Waals surface area contributed by atoms with Gasteiger partial charge in [0.15, 0.2) is 0 Å². The molecule has 1 aromatic heterocycles. The van der Waals surface area contributed by atoms with Crippen LogP contribution in [0.15, 0.2) is 16.5 Å². The summed E-state index contributed by atoms with van der Waals surface area (Å²) < 4.78 is 5.52. The molecule has 66 valence electrons. The minimum Gasteiger partial charge on any atom is -0.466 e. The molecule has 0 unspecified atom stereocenters. The maximum Gasteiger partial charge on any atom is 0.106 e. The van der Waals surface area contributed by atoms with Gasteiger partial charge in [0.25, 0.3) is 0 Å². The molecule has 0 amide bonds. The van der Waals surface area contributed by atoms with Crippen LogP contribution in [-0.2, 0) is 6.42 Å². The van der Waals surface area contributed by atoms with Gasteiger partial charge < -0.3 is 9.73 Å². The number of hydrogen-bond donors (Lipinski definition) is 1. The SMILES string of the molecule is CNC1(Cc2ccc(C)o2)CC1. The summed E-state index contributed by atoms with van der Waals surface area (Å²) >= 11 is 0. The fourth-order valence-electron chi connectivity index (χ4n) is 1.58. The number of hydrogen-bond acceptors (Lipinski definition) is 2. The molecule has 0 saturated heterocycles. The Balaban J connectivity index is 2.04. The summed E-state index contributed by atoms with van der Waals surface area (Å²) in [7, 11) is 2.03. The van der Waals surface area contributed by atoms with Crippen LogP contribution in [0, 0.1) is 6.92 Å². The number of furan rings is 1. The standard InChI is InChI=1S/C10H15NO/c1-8-3-4-9(12-8)7-10(11-2)5-6-10/h3-4,11H,5-7H2,1-2H3. The van der Waals surface area contributed by atoms with Crippen LogP contribution in [0.1, 0.15) is 24.4 Å². The summed E-state index contributed by atoms with van der Waals surface area (Å²) in [4.78, 5) is 0. The van der Waals surface area contributed by atoms with Gasteiger partial charge in [-0.1, -0.05) is 0 Å². The maximum atomic E-state index is 5.52. The predicted molar refractivity (Wildman–Crippen MR) is 48.2 cm³/mol. The lowest BCUT2D eigenvalue weighted by molar-refractivity contribution is 0.435. The van der Waals surface area contributed by atoms with Crippen molar-refractivity contribution in [3.8, 4) is 0 Å². The zero-order valence-corrected chi connectivity index (χ0v) is 7.68. The van der Waals surface area contributed by atoms with Crippen LogP contribution in [0.4, 0.5) is 0 Å². The summed E-state index contributed by atoms with van der Waals surface area (Å²) in [5, 5.41) is 3.35. The molecule has 1 N–H and O–H groups in total. The highest BCUT2D eigenvalue weighted by atomic mass is 16.3. The van der Waals surface area contributed by atoms with Crippen molar-refractivity contribution in [3.05, 3.63) is 23.7 Å². The fourth-order valence-corrected chi connectivity index (χ4v) is 1.58. The zero-order valence-electron chi connectivity index (χ0n) is 7.68. The van der Waals surface area contributed by atoms with E-state index in [1.165, 1.54) is 12.8 Å². The molecule has 1 aliphatic carbocycles. The molecule has 1 saturated carbocycles. The third-order valence-corrected chi connectivity index (χ3v) is 2.69. The molecule has 0 bridgehead atoms. The van der Waals surface area contributed by atoms with Gasteiger partial charge in [-0.3, -0.25) is 0 Å². The Morgan fingerprint density at radius 2 is 2.25 bits per heavy atom. The first kappa shape index (κ1) is 7.87. The van der Waals surface area contributed by atoms with Crippen LogP contribution < -0.4 is 5.32 Å². The topological polar surface area (TPSA) is 25.2 Å². The van der Waals surface area contributed by atoms with Crippen LogP contribution in [0.25, 0.3) is 0 Å². The second kappa shape index (κ2) is 2.63. The molecule has 2 rings (SSSR count). The van der Waals surface area contributed by atoms with E-state index in [-0.39, 0.29) is 0 Å². The largest absolute Gasteiger partial charge is 0.466 e. The molecule has 0 radical (unpaired) electrons. The van der Waals surface area contributed by atoms with Crippen LogP contribution in [-0.4, -0.2) is 12.6 Å². The minimum absolute atomic E-state index is 0.365. The lowest BCUT2D eigenvalue weighted by atomic mass is 10.1. The Kier molecular flexibility index (Phi) is 1.72. The average Bonchev–Trinajstić information content (AvgIpc) is 2.71. The smallest absolute Gasteiger partial charge is 0.106 e. The summed E-state index contributed by atoms with van der Waals surface area (Å²) in [6, 6.07) is 4.10. The van der Waals surface area contributed by atoms with Gasteiger partial charge in [0, 0.05) is 12.0 Å². The van der Waals surface area contributed by atoms with E-state index in [4.69, 9.17) is 4.42 Å². The Labute approximate surface area is 73.0 Å². The van der Waals surface area contributed by atoms with Crippen molar-refractivity contribution < 1.29 is 4.42 Å². The molecule has 1 aliphatic rings. The van der Waals surface area contributed by atoms with Gasteiger partial charge in [0.05, 0.1) is 0 Å². The normalized spacial score (nSPS) is 19.5. The van der Waals surface area contributed by atoms with Gasteiger partial charge in [0.1, 0.15) is 11.5 Å². The molecule has 2 nitrogen and oxygen atoms in total. The van der Waals surface area contributed by atoms with E-state index >= 15 is 0 Å². The summed E-state index contributed by atoms with van der Waals surface area (Å²) in [6.07, 6.45) is 3.60. The number of nitrogens with one attached hydrogen (secondary N) is 1. The fraction of sp³-hybridized carbons (Fsp3) is 0.600. The highest BCUT2D eigenvalue weighted by Gasteiger charge is 2.41. The molecule has 0 atom stereocenters. The highest BCUT2D eigenvalue weighted by molar-refractivity contribution is 5.14. The Morgan fingerprint density at radius 1 is 1.50 bits per heavy atom. The molecule has 0 aromatic carbocycles. The van der Waals surface area contributed by atoms with Gasteiger partial charge in [-0.25, -0.2) is 0 Å². The second-order valence-electron chi connectivity index (χ2n) is 3.72. The van der Waals surface area contributed by atoms with Crippen molar-refractivity contribution in [2.75, 3.05) is 7.05 Å². The summed E-state index contributed by atoms with van der Waals surface area (Å²) in [6.45, 7) is 1.99. The monoisotopic (exact) mass is 165 g/mol. The minimum atomic E-state index is 0.365. The first-order valence-corrected chi connectivity index (χ1v) is 4.48. The van der Waals surface area contributed by atoms with Crippen molar-refractivity contribution in [2.45, 2.75) is 31.7 Å². The first-order chi connectivity index (χ1) is 5.74. The summed E-state index contributed by atoms with van der Waals surface area (Å²) in [5.74, 6) is 2.12. The molecule has 1 fully saturated rings.